The van der Waals surface area contributed by atoms with Crippen molar-refractivity contribution in [3.05, 3.63) is 41.6 Å². The lowest BCUT2D eigenvalue weighted by Crippen LogP contribution is -1.95. The third-order valence-corrected chi connectivity index (χ3v) is 2.52. The standard InChI is InChI=1S/C13H12N2/c1-9(2)13-10(8-14)5-6-12-11(13)4-3-7-15-12/h3-7,9H,1-2H3. The van der Waals surface area contributed by atoms with Crippen molar-refractivity contribution in [2.45, 2.75) is 19.8 Å². The van der Waals surface area contributed by atoms with Crippen molar-refractivity contribution in [2.75, 3.05) is 0 Å². The van der Waals surface area contributed by atoms with Gasteiger partial charge in [-0.15, -0.1) is 0 Å². The highest BCUT2D eigenvalue weighted by atomic mass is 14.6. The Morgan fingerprint density at radius 1 is 1.27 bits per heavy atom. The number of benzene rings is 1. The van der Waals surface area contributed by atoms with Crippen LogP contribution in [-0.2, 0) is 0 Å². The number of fused-ring (bicyclic) bond motifs is 1. The van der Waals surface area contributed by atoms with E-state index in [4.69, 9.17) is 5.26 Å². The molecule has 74 valence electrons. The number of aromatic nitrogens is 1. The van der Waals surface area contributed by atoms with Gasteiger partial charge in [0.15, 0.2) is 0 Å². The maximum atomic E-state index is 9.06. The lowest BCUT2D eigenvalue weighted by Gasteiger charge is -2.11. The molecule has 15 heavy (non-hydrogen) atoms. The number of pyridine rings is 1. The molecule has 1 aromatic carbocycles. The Morgan fingerprint density at radius 3 is 2.73 bits per heavy atom. The van der Waals surface area contributed by atoms with Crippen molar-refractivity contribution in [1.82, 2.24) is 4.98 Å². The van der Waals surface area contributed by atoms with Crippen molar-refractivity contribution in [1.29, 1.82) is 5.26 Å². The van der Waals surface area contributed by atoms with E-state index in [1.807, 2.05) is 24.3 Å². The van der Waals surface area contributed by atoms with Crippen LogP contribution >= 0.6 is 0 Å². The van der Waals surface area contributed by atoms with Crippen molar-refractivity contribution in [3.8, 4) is 6.07 Å². The Morgan fingerprint density at radius 2 is 2.07 bits per heavy atom. The maximum absolute atomic E-state index is 9.06. The average Bonchev–Trinajstić information content (AvgIpc) is 2.27. The number of hydrogen-bond acceptors (Lipinski definition) is 2. The van der Waals surface area contributed by atoms with E-state index in [0.717, 1.165) is 22.0 Å². The van der Waals surface area contributed by atoms with Crippen LogP contribution in [0.15, 0.2) is 30.5 Å². The molecule has 0 spiro atoms. The van der Waals surface area contributed by atoms with Gasteiger partial charge in [0.05, 0.1) is 17.1 Å². The summed E-state index contributed by atoms with van der Waals surface area (Å²) in [6, 6.07) is 9.93. The Hall–Kier alpha value is -1.88. The van der Waals surface area contributed by atoms with E-state index in [-0.39, 0.29) is 0 Å². The van der Waals surface area contributed by atoms with Gasteiger partial charge in [0.2, 0.25) is 0 Å². The van der Waals surface area contributed by atoms with Crippen LogP contribution in [0.5, 0.6) is 0 Å². The molecular weight excluding hydrogens is 184 g/mol. The monoisotopic (exact) mass is 196 g/mol. The minimum atomic E-state index is 0.340. The van der Waals surface area contributed by atoms with Gasteiger partial charge < -0.3 is 0 Å². The van der Waals surface area contributed by atoms with Gasteiger partial charge in [-0.25, -0.2) is 0 Å². The maximum Gasteiger partial charge on any atom is 0.0994 e. The molecule has 0 aliphatic carbocycles. The normalized spacial score (nSPS) is 10.5. The lowest BCUT2D eigenvalue weighted by molar-refractivity contribution is 0.872. The summed E-state index contributed by atoms with van der Waals surface area (Å²) in [7, 11) is 0. The third-order valence-electron chi connectivity index (χ3n) is 2.52. The zero-order valence-corrected chi connectivity index (χ0v) is 8.86. The van der Waals surface area contributed by atoms with Crippen LogP contribution in [0.3, 0.4) is 0 Å². The highest BCUT2D eigenvalue weighted by Crippen LogP contribution is 2.27. The second-order valence-electron chi connectivity index (χ2n) is 3.86. The molecule has 0 amide bonds. The third kappa shape index (κ3) is 1.57. The number of nitriles is 1. The van der Waals surface area contributed by atoms with Crippen LogP contribution in [0.25, 0.3) is 10.9 Å². The first kappa shape index (κ1) is 9.67. The summed E-state index contributed by atoms with van der Waals surface area (Å²) >= 11 is 0. The smallest absolute Gasteiger partial charge is 0.0994 e. The van der Waals surface area contributed by atoms with Gasteiger partial charge in [0.25, 0.3) is 0 Å². The van der Waals surface area contributed by atoms with Gasteiger partial charge in [0, 0.05) is 11.6 Å². The molecule has 1 aromatic heterocycles. The summed E-state index contributed by atoms with van der Waals surface area (Å²) in [5, 5.41) is 10.1. The molecule has 0 fully saturated rings. The van der Waals surface area contributed by atoms with Crippen LogP contribution in [0.2, 0.25) is 0 Å². The Labute approximate surface area is 89.2 Å². The van der Waals surface area contributed by atoms with Crippen LogP contribution in [-0.4, -0.2) is 4.98 Å². The van der Waals surface area contributed by atoms with E-state index in [1.54, 1.807) is 6.20 Å². The molecule has 0 bridgehead atoms. The van der Waals surface area contributed by atoms with Crippen LogP contribution in [0.4, 0.5) is 0 Å². The predicted molar refractivity (Wildman–Crippen MR) is 60.5 cm³/mol. The molecule has 0 saturated carbocycles. The molecule has 0 atom stereocenters. The first-order valence-corrected chi connectivity index (χ1v) is 5.01. The SMILES string of the molecule is CC(C)c1c(C#N)ccc2ncccc12. The van der Waals surface area contributed by atoms with Gasteiger partial charge in [-0.1, -0.05) is 19.9 Å². The molecule has 2 heteroatoms. The molecule has 0 radical (unpaired) electrons. The molecule has 0 aliphatic heterocycles. The van der Waals surface area contributed by atoms with Gasteiger partial charge in [-0.2, -0.15) is 5.26 Å². The van der Waals surface area contributed by atoms with E-state index in [0.29, 0.717) is 5.92 Å². The van der Waals surface area contributed by atoms with Crippen molar-refractivity contribution in [3.63, 3.8) is 0 Å². The first-order chi connectivity index (χ1) is 7.24. The van der Waals surface area contributed by atoms with Gasteiger partial charge >= 0.3 is 0 Å². The van der Waals surface area contributed by atoms with Gasteiger partial charge in [-0.05, 0) is 29.7 Å². The van der Waals surface area contributed by atoms with E-state index >= 15 is 0 Å². The summed E-state index contributed by atoms with van der Waals surface area (Å²) in [5.41, 5.74) is 2.81. The zero-order valence-electron chi connectivity index (χ0n) is 8.86. The number of hydrogen-bond donors (Lipinski definition) is 0. The summed E-state index contributed by atoms with van der Waals surface area (Å²) in [6.07, 6.45) is 1.78. The fourth-order valence-corrected chi connectivity index (χ4v) is 1.89. The molecule has 2 aromatic rings. The largest absolute Gasteiger partial charge is 0.256 e. The zero-order chi connectivity index (χ0) is 10.8. The second kappa shape index (κ2) is 3.70. The molecule has 2 nitrogen and oxygen atoms in total. The topological polar surface area (TPSA) is 36.7 Å². The van der Waals surface area contributed by atoms with Crippen molar-refractivity contribution in [2.24, 2.45) is 0 Å². The predicted octanol–water partition coefficient (Wildman–Crippen LogP) is 3.23. The number of rotatable bonds is 1. The summed E-state index contributed by atoms with van der Waals surface area (Å²) in [4.78, 5) is 4.29. The fourth-order valence-electron chi connectivity index (χ4n) is 1.89. The minimum Gasteiger partial charge on any atom is -0.256 e. The summed E-state index contributed by atoms with van der Waals surface area (Å²) in [6.45, 7) is 4.20. The quantitative estimate of drug-likeness (QED) is 0.702. The van der Waals surface area contributed by atoms with E-state index in [2.05, 4.69) is 24.9 Å². The average molecular weight is 196 g/mol. The molecule has 2 rings (SSSR count). The first-order valence-electron chi connectivity index (χ1n) is 5.01. The number of nitrogens with zero attached hydrogens (tertiary/aromatic N) is 2. The molecular formula is C13H12N2. The van der Waals surface area contributed by atoms with Gasteiger partial charge in [0.1, 0.15) is 0 Å². The Balaban J connectivity index is 2.86. The molecule has 1 heterocycles. The fraction of sp³-hybridized carbons (Fsp3) is 0.231. The Kier molecular flexibility index (Phi) is 2.39. The molecule has 0 aliphatic rings. The van der Waals surface area contributed by atoms with Crippen molar-refractivity contribution < 1.29 is 0 Å². The molecule has 0 unspecified atom stereocenters. The second-order valence-corrected chi connectivity index (χ2v) is 3.86. The molecule has 0 saturated heterocycles. The van der Waals surface area contributed by atoms with Crippen LogP contribution < -0.4 is 0 Å². The highest BCUT2D eigenvalue weighted by molar-refractivity contribution is 5.84. The van der Waals surface area contributed by atoms with Crippen molar-refractivity contribution >= 4 is 10.9 Å². The Bertz CT molecular complexity index is 536. The van der Waals surface area contributed by atoms with E-state index in [1.165, 1.54) is 0 Å². The minimum absolute atomic E-state index is 0.340. The highest BCUT2D eigenvalue weighted by Gasteiger charge is 2.10. The lowest BCUT2D eigenvalue weighted by atomic mass is 9.93. The van der Waals surface area contributed by atoms with Crippen LogP contribution in [0, 0.1) is 11.3 Å². The summed E-state index contributed by atoms with van der Waals surface area (Å²) in [5.74, 6) is 0.340. The van der Waals surface area contributed by atoms with Gasteiger partial charge in [-0.3, -0.25) is 4.98 Å². The van der Waals surface area contributed by atoms with E-state index < -0.39 is 0 Å². The van der Waals surface area contributed by atoms with E-state index in [9.17, 15) is 0 Å². The van der Waals surface area contributed by atoms with Crippen LogP contribution in [0.1, 0.15) is 30.9 Å². The summed E-state index contributed by atoms with van der Waals surface area (Å²) < 4.78 is 0. The molecule has 0 N–H and O–H groups in total.